The van der Waals surface area contributed by atoms with Crippen LogP contribution in [0, 0.1) is 0 Å². The van der Waals surface area contributed by atoms with E-state index in [2.05, 4.69) is 10.5 Å². The SMILES string of the molecule is O=C(O)c1cccc(C2=NC(Cc3cccs3)ON2)c1. The molecule has 0 amide bonds. The number of aliphatic imine (C=N–C) groups is 1. The molecule has 2 N–H and O–H groups in total. The molecule has 2 heterocycles. The van der Waals surface area contributed by atoms with Gasteiger partial charge in [-0.15, -0.1) is 11.3 Å². The number of hydroxylamine groups is 1. The van der Waals surface area contributed by atoms with Crippen molar-refractivity contribution in [3.05, 3.63) is 57.8 Å². The number of nitrogens with zero attached hydrogens (tertiary/aromatic N) is 1. The molecule has 0 radical (unpaired) electrons. The Morgan fingerprint density at radius 3 is 3.05 bits per heavy atom. The molecule has 6 heteroatoms. The molecule has 1 aliphatic heterocycles. The molecule has 1 atom stereocenters. The van der Waals surface area contributed by atoms with E-state index in [1.807, 2.05) is 17.5 Å². The fourth-order valence-electron chi connectivity index (χ4n) is 1.94. The summed E-state index contributed by atoms with van der Waals surface area (Å²) in [6, 6.07) is 10.6. The first-order valence-electron chi connectivity index (χ1n) is 6.08. The Kier molecular flexibility index (Phi) is 3.49. The summed E-state index contributed by atoms with van der Waals surface area (Å²) in [4.78, 5) is 22.0. The molecule has 0 spiro atoms. The van der Waals surface area contributed by atoms with E-state index in [1.54, 1.807) is 35.6 Å². The van der Waals surface area contributed by atoms with Gasteiger partial charge in [0, 0.05) is 16.9 Å². The minimum Gasteiger partial charge on any atom is -0.478 e. The summed E-state index contributed by atoms with van der Waals surface area (Å²) < 4.78 is 0. The fraction of sp³-hybridized carbons (Fsp3) is 0.143. The van der Waals surface area contributed by atoms with Crippen LogP contribution < -0.4 is 5.48 Å². The molecule has 2 aromatic rings. The average molecular weight is 288 g/mol. The Bertz CT molecular complexity index is 652. The van der Waals surface area contributed by atoms with Crippen molar-refractivity contribution in [2.24, 2.45) is 4.99 Å². The number of carbonyl (C=O) groups is 1. The van der Waals surface area contributed by atoms with Crippen LogP contribution in [-0.2, 0) is 11.3 Å². The van der Waals surface area contributed by atoms with Crippen molar-refractivity contribution in [2.45, 2.75) is 12.6 Å². The van der Waals surface area contributed by atoms with Crippen LogP contribution in [0.2, 0.25) is 0 Å². The lowest BCUT2D eigenvalue weighted by Crippen LogP contribution is -2.20. The molecule has 102 valence electrons. The zero-order chi connectivity index (χ0) is 13.9. The first-order chi connectivity index (χ1) is 9.72. The van der Waals surface area contributed by atoms with Crippen molar-refractivity contribution in [1.82, 2.24) is 5.48 Å². The number of benzene rings is 1. The molecule has 0 saturated carbocycles. The lowest BCUT2D eigenvalue weighted by atomic mass is 10.1. The predicted molar refractivity (Wildman–Crippen MR) is 76.0 cm³/mol. The quantitative estimate of drug-likeness (QED) is 0.905. The Morgan fingerprint density at radius 1 is 1.40 bits per heavy atom. The molecule has 5 nitrogen and oxygen atoms in total. The molecule has 0 fully saturated rings. The van der Waals surface area contributed by atoms with Gasteiger partial charge in [-0.2, -0.15) is 0 Å². The summed E-state index contributed by atoms with van der Waals surface area (Å²) >= 11 is 1.66. The highest BCUT2D eigenvalue weighted by Crippen LogP contribution is 2.17. The maximum Gasteiger partial charge on any atom is 0.335 e. The fourth-order valence-corrected chi connectivity index (χ4v) is 2.67. The summed E-state index contributed by atoms with van der Waals surface area (Å²) in [7, 11) is 0. The number of aromatic carboxylic acids is 1. The van der Waals surface area contributed by atoms with Crippen LogP contribution in [0.5, 0.6) is 0 Å². The van der Waals surface area contributed by atoms with Crippen LogP contribution in [0.15, 0.2) is 46.8 Å². The minimum atomic E-state index is -0.957. The van der Waals surface area contributed by atoms with Crippen molar-refractivity contribution < 1.29 is 14.7 Å². The van der Waals surface area contributed by atoms with E-state index in [4.69, 9.17) is 9.94 Å². The van der Waals surface area contributed by atoms with E-state index < -0.39 is 5.97 Å². The molecular formula is C14H12N2O3S. The van der Waals surface area contributed by atoms with E-state index in [0.717, 1.165) is 0 Å². The van der Waals surface area contributed by atoms with Gasteiger partial charge in [-0.3, -0.25) is 0 Å². The maximum absolute atomic E-state index is 11.0. The zero-order valence-electron chi connectivity index (χ0n) is 10.4. The van der Waals surface area contributed by atoms with Gasteiger partial charge in [-0.25, -0.2) is 20.1 Å². The highest BCUT2D eigenvalue weighted by atomic mass is 32.1. The maximum atomic E-state index is 11.0. The van der Waals surface area contributed by atoms with Crippen molar-refractivity contribution in [1.29, 1.82) is 0 Å². The van der Waals surface area contributed by atoms with Gasteiger partial charge in [0.25, 0.3) is 0 Å². The number of carboxylic acid groups (broad SMARTS) is 1. The van der Waals surface area contributed by atoms with E-state index in [9.17, 15) is 4.79 Å². The monoisotopic (exact) mass is 288 g/mol. The molecule has 1 aromatic heterocycles. The van der Waals surface area contributed by atoms with E-state index >= 15 is 0 Å². The summed E-state index contributed by atoms with van der Waals surface area (Å²) in [5.74, 6) is -0.392. The van der Waals surface area contributed by atoms with Gasteiger partial charge in [0.05, 0.1) is 5.56 Å². The van der Waals surface area contributed by atoms with Crippen LogP contribution in [-0.4, -0.2) is 23.1 Å². The summed E-state index contributed by atoms with van der Waals surface area (Å²) in [5, 5.41) is 11.0. The van der Waals surface area contributed by atoms with Crippen molar-refractivity contribution in [3.63, 3.8) is 0 Å². The second-order valence-corrected chi connectivity index (χ2v) is 5.35. The summed E-state index contributed by atoms with van der Waals surface area (Å²) in [6.07, 6.45) is 0.421. The van der Waals surface area contributed by atoms with Gasteiger partial charge in [0.15, 0.2) is 12.1 Å². The Morgan fingerprint density at radius 2 is 2.30 bits per heavy atom. The van der Waals surface area contributed by atoms with Crippen LogP contribution >= 0.6 is 11.3 Å². The third-order valence-corrected chi connectivity index (χ3v) is 3.80. The van der Waals surface area contributed by atoms with E-state index in [0.29, 0.717) is 17.8 Å². The number of hydrogen-bond donors (Lipinski definition) is 2. The van der Waals surface area contributed by atoms with Crippen LogP contribution in [0.25, 0.3) is 0 Å². The second-order valence-electron chi connectivity index (χ2n) is 4.32. The summed E-state index contributed by atoms with van der Waals surface area (Å²) in [6.45, 7) is 0. The number of rotatable bonds is 4. The van der Waals surface area contributed by atoms with Crippen LogP contribution in [0.3, 0.4) is 0 Å². The molecule has 3 rings (SSSR count). The molecule has 1 aliphatic rings. The number of thiophene rings is 1. The second kappa shape index (κ2) is 5.44. The van der Waals surface area contributed by atoms with Gasteiger partial charge < -0.3 is 5.11 Å². The molecule has 0 saturated heterocycles. The largest absolute Gasteiger partial charge is 0.478 e. The highest BCUT2D eigenvalue weighted by Gasteiger charge is 2.20. The van der Waals surface area contributed by atoms with Crippen LogP contribution in [0.1, 0.15) is 20.8 Å². The smallest absolute Gasteiger partial charge is 0.335 e. The standard InChI is InChI=1S/C14H12N2O3S/c17-14(18)10-4-1-3-9(7-10)13-15-12(19-16-13)8-11-5-2-6-20-11/h1-7,12H,8H2,(H,15,16)(H,17,18). The van der Waals surface area contributed by atoms with Crippen molar-refractivity contribution in [2.75, 3.05) is 0 Å². The Hall–Kier alpha value is -2.18. The first-order valence-corrected chi connectivity index (χ1v) is 6.96. The molecule has 0 bridgehead atoms. The molecule has 1 aromatic carbocycles. The zero-order valence-corrected chi connectivity index (χ0v) is 11.3. The third kappa shape index (κ3) is 2.71. The number of amidine groups is 1. The number of hydrogen-bond acceptors (Lipinski definition) is 5. The minimum absolute atomic E-state index is 0.230. The normalized spacial score (nSPS) is 17.6. The van der Waals surface area contributed by atoms with Gasteiger partial charge in [0.2, 0.25) is 0 Å². The van der Waals surface area contributed by atoms with Crippen LogP contribution in [0.4, 0.5) is 0 Å². The van der Waals surface area contributed by atoms with Crippen molar-refractivity contribution >= 4 is 23.1 Å². The topological polar surface area (TPSA) is 70.9 Å². The first kappa shape index (κ1) is 12.8. The molecule has 20 heavy (non-hydrogen) atoms. The number of carboxylic acids is 1. The molecule has 0 aliphatic carbocycles. The van der Waals surface area contributed by atoms with Gasteiger partial charge in [-0.05, 0) is 23.6 Å². The highest BCUT2D eigenvalue weighted by molar-refractivity contribution is 7.09. The summed E-state index contributed by atoms with van der Waals surface area (Å²) in [5.41, 5.74) is 3.70. The molecule has 1 unspecified atom stereocenters. The lowest BCUT2D eigenvalue weighted by molar-refractivity contribution is 0.0394. The van der Waals surface area contributed by atoms with Gasteiger partial charge in [-0.1, -0.05) is 18.2 Å². The predicted octanol–water partition coefficient (Wildman–Crippen LogP) is 2.30. The van der Waals surface area contributed by atoms with E-state index in [1.165, 1.54) is 4.88 Å². The Balaban J connectivity index is 1.77. The van der Waals surface area contributed by atoms with Crippen molar-refractivity contribution in [3.8, 4) is 0 Å². The average Bonchev–Trinajstić information content (AvgIpc) is 3.11. The van der Waals surface area contributed by atoms with Gasteiger partial charge >= 0.3 is 5.97 Å². The Labute approximate surface area is 119 Å². The lowest BCUT2D eigenvalue weighted by Gasteiger charge is -2.03. The van der Waals surface area contributed by atoms with Gasteiger partial charge in [0.1, 0.15) is 0 Å². The number of nitrogens with one attached hydrogen (secondary N) is 1. The molecular weight excluding hydrogens is 276 g/mol. The third-order valence-electron chi connectivity index (χ3n) is 2.90. The van der Waals surface area contributed by atoms with E-state index in [-0.39, 0.29) is 11.8 Å².